The molecule has 0 unspecified atom stereocenters. The maximum atomic E-state index is 12.8. The van der Waals surface area contributed by atoms with Crippen molar-refractivity contribution in [2.45, 2.75) is 6.92 Å². The number of hydrogen-bond donors (Lipinski definition) is 0. The Bertz CT molecular complexity index is 1150. The molecular weight excluding hydrogens is 396 g/mol. The zero-order valence-electron chi connectivity index (χ0n) is 16.4. The molecule has 0 saturated heterocycles. The van der Waals surface area contributed by atoms with Gasteiger partial charge < -0.3 is 9.64 Å². The second-order valence-electron chi connectivity index (χ2n) is 6.58. The normalized spacial score (nSPS) is 10.7. The van der Waals surface area contributed by atoms with E-state index in [0.717, 1.165) is 20.9 Å². The topological polar surface area (TPSA) is 59.5 Å². The van der Waals surface area contributed by atoms with Gasteiger partial charge in [0.2, 0.25) is 0 Å². The molecule has 0 atom stereocenters. The molecule has 0 radical (unpaired) electrons. The number of aromatic nitrogens is 1. The van der Waals surface area contributed by atoms with Crippen LogP contribution in [0.1, 0.15) is 17.3 Å². The highest BCUT2D eigenvalue weighted by Crippen LogP contribution is 2.32. The van der Waals surface area contributed by atoms with E-state index in [0.29, 0.717) is 17.7 Å². The standard InChI is InChI=1S/C24H20N2O3S/c1-2-26(17-10-4-3-5-11-17)22(27)16-29-24(28)19-13-7-6-12-18(19)23-25-20-14-8-9-15-21(20)30-23/h3-15H,2,16H2,1H3. The van der Waals surface area contributed by atoms with Crippen LogP contribution in [0.25, 0.3) is 20.8 Å². The van der Waals surface area contributed by atoms with Gasteiger partial charge >= 0.3 is 5.97 Å². The van der Waals surface area contributed by atoms with Crippen molar-refractivity contribution in [3.63, 3.8) is 0 Å². The predicted molar refractivity (Wildman–Crippen MR) is 120 cm³/mol. The summed E-state index contributed by atoms with van der Waals surface area (Å²) in [6.45, 7) is 2.05. The summed E-state index contributed by atoms with van der Waals surface area (Å²) in [5.74, 6) is -0.808. The monoisotopic (exact) mass is 416 g/mol. The number of thiazole rings is 1. The first kappa shape index (κ1) is 19.8. The molecule has 0 fully saturated rings. The first-order chi connectivity index (χ1) is 14.7. The lowest BCUT2D eigenvalue weighted by atomic mass is 10.1. The molecule has 1 amide bonds. The predicted octanol–water partition coefficient (Wildman–Crippen LogP) is 5.17. The Hall–Kier alpha value is -3.51. The van der Waals surface area contributed by atoms with Gasteiger partial charge in [-0.3, -0.25) is 4.79 Å². The summed E-state index contributed by atoms with van der Waals surface area (Å²) in [4.78, 5) is 31.6. The molecule has 3 aromatic carbocycles. The molecule has 0 aliphatic carbocycles. The smallest absolute Gasteiger partial charge is 0.339 e. The van der Waals surface area contributed by atoms with Crippen LogP contribution in [-0.2, 0) is 9.53 Å². The van der Waals surface area contributed by atoms with Crippen molar-refractivity contribution in [2.75, 3.05) is 18.1 Å². The third-order valence-corrected chi connectivity index (χ3v) is 5.75. The summed E-state index contributed by atoms with van der Waals surface area (Å²) in [5, 5.41) is 0.745. The van der Waals surface area contributed by atoms with E-state index >= 15 is 0 Å². The van der Waals surface area contributed by atoms with Crippen LogP contribution >= 0.6 is 11.3 Å². The number of carbonyl (C=O) groups excluding carboxylic acids is 2. The number of para-hydroxylation sites is 2. The minimum Gasteiger partial charge on any atom is -0.452 e. The van der Waals surface area contributed by atoms with Crippen molar-refractivity contribution in [1.82, 2.24) is 4.98 Å². The molecule has 0 aliphatic rings. The second-order valence-corrected chi connectivity index (χ2v) is 7.61. The number of esters is 1. The van der Waals surface area contributed by atoms with Gasteiger partial charge in [-0.05, 0) is 37.3 Å². The summed E-state index contributed by atoms with van der Waals surface area (Å²) in [6, 6.07) is 24.3. The summed E-state index contributed by atoms with van der Waals surface area (Å²) >= 11 is 1.52. The van der Waals surface area contributed by atoms with Gasteiger partial charge in [0.05, 0.1) is 15.8 Å². The molecule has 4 aromatic rings. The molecule has 6 heteroatoms. The molecule has 1 heterocycles. The van der Waals surface area contributed by atoms with Crippen molar-refractivity contribution < 1.29 is 14.3 Å². The molecule has 0 saturated carbocycles. The Balaban J connectivity index is 1.52. The first-order valence-electron chi connectivity index (χ1n) is 9.65. The SMILES string of the molecule is CCN(C(=O)COC(=O)c1ccccc1-c1nc2ccccc2s1)c1ccccc1. The lowest BCUT2D eigenvalue weighted by Crippen LogP contribution is -2.34. The molecule has 30 heavy (non-hydrogen) atoms. The van der Waals surface area contributed by atoms with E-state index in [9.17, 15) is 9.59 Å². The number of likely N-dealkylation sites (N-methyl/N-ethyl adjacent to an activating group) is 1. The largest absolute Gasteiger partial charge is 0.452 e. The van der Waals surface area contributed by atoms with E-state index in [1.54, 1.807) is 17.0 Å². The summed E-state index contributed by atoms with van der Waals surface area (Å²) < 4.78 is 6.43. The highest BCUT2D eigenvalue weighted by atomic mass is 32.1. The third kappa shape index (κ3) is 4.09. The van der Waals surface area contributed by atoms with Gasteiger partial charge in [0.25, 0.3) is 5.91 Å². The highest BCUT2D eigenvalue weighted by Gasteiger charge is 2.20. The zero-order valence-corrected chi connectivity index (χ0v) is 17.3. The number of amides is 1. The molecule has 0 spiro atoms. The van der Waals surface area contributed by atoms with E-state index in [4.69, 9.17) is 4.74 Å². The van der Waals surface area contributed by atoms with Crippen LogP contribution in [-0.4, -0.2) is 30.0 Å². The number of benzene rings is 3. The van der Waals surface area contributed by atoms with Crippen LogP contribution in [0, 0.1) is 0 Å². The summed E-state index contributed by atoms with van der Waals surface area (Å²) in [7, 11) is 0. The maximum absolute atomic E-state index is 12.8. The van der Waals surface area contributed by atoms with Gasteiger partial charge in [-0.2, -0.15) is 0 Å². The molecule has 4 rings (SSSR count). The molecule has 0 aliphatic heterocycles. The molecule has 0 N–H and O–H groups in total. The Morgan fingerprint density at radius 2 is 1.63 bits per heavy atom. The zero-order chi connectivity index (χ0) is 20.9. The number of ether oxygens (including phenoxy) is 1. The van der Waals surface area contributed by atoms with Crippen LogP contribution in [0.2, 0.25) is 0 Å². The minimum atomic E-state index is -0.540. The summed E-state index contributed by atoms with van der Waals surface area (Å²) in [5.41, 5.74) is 2.76. The van der Waals surface area contributed by atoms with Crippen LogP contribution in [0.4, 0.5) is 5.69 Å². The lowest BCUT2D eigenvalue weighted by molar-refractivity contribution is -0.121. The second kappa shape index (κ2) is 8.88. The summed E-state index contributed by atoms with van der Waals surface area (Å²) in [6.07, 6.45) is 0. The number of anilines is 1. The number of nitrogens with zero attached hydrogens (tertiary/aromatic N) is 2. The maximum Gasteiger partial charge on any atom is 0.339 e. The van der Waals surface area contributed by atoms with E-state index in [1.165, 1.54) is 11.3 Å². The van der Waals surface area contributed by atoms with Gasteiger partial charge in [-0.1, -0.05) is 48.5 Å². The Morgan fingerprint density at radius 1 is 0.933 bits per heavy atom. The average molecular weight is 417 g/mol. The van der Waals surface area contributed by atoms with E-state index < -0.39 is 5.97 Å². The van der Waals surface area contributed by atoms with Crippen molar-refractivity contribution >= 4 is 39.1 Å². The quantitative estimate of drug-likeness (QED) is 0.407. The van der Waals surface area contributed by atoms with Gasteiger partial charge in [-0.25, -0.2) is 9.78 Å². The first-order valence-corrected chi connectivity index (χ1v) is 10.5. The van der Waals surface area contributed by atoms with Gasteiger partial charge in [0.15, 0.2) is 6.61 Å². The van der Waals surface area contributed by atoms with Crippen LogP contribution in [0.3, 0.4) is 0 Å². The Labute approximate surface area is 178 Å². The molecule has 0 bridgehead atoms. The molecule has 1 aromatic heterocycles. The van der Waals surface area contributed by atoms with Crippen molar-refractivity contribution in [1.29, 1.82) is 0 Å². The third-order valence-electron chi connectivity index (χ3n) is 4.68. The molecule has 150 valence electrons. The highest BCUT2D eigenvalue weighted by molar-refractivity contribution is 7.21. The number of rotatable bonds is 6. The fourth-order valence-electron chi connectivity index (χ4n) is 3.23. The lowest BCUT2D eigenvalue weighted by Gasteiger charge is -2.20. The van der Waals surface area contributed by atoms with Gasteiger partial charge in [0, 0.05) is 17.8 Å². The van der Waals surface area contributed by atoms with E-state index in [2.05, 4.69) is 4.98 Å². The average Bonchev–Trinajstić information content (AvgIpc) is 3.23. The van der Waals surface area contributed by atoms with E-state index in [-0.39, 0.29) is 12.5 Å². The Kier molecular flexibility index (Phi) is 5.86. The number of carbonyl (C=O) groups is 2. The van der Waals surface area contributed by atoms with Crippen LogP contribution in [0.15, 0.2) is 78.9 Å². The van der Waals surface area contributed by atoms with Crippen molar-refractivity contribution in [2.24, 2.45) is 0 Å². The van der Waals surface area contributed by atoms with Crippen LogP contribution < -0.4 is 4.90 Å². The van der Waals surface area contributed by atoms with Crippen LogP contribution in [0.5, 0.6) is 0 Å². The van der Waals surface area contributed by atoms with Gasteiger partial charge in [0.1, 0.15) is 5.01 Å². The Morgan fingerprint density at radius 3 is 2.40 bits per heavy atom. The van der Waals surface area contributed by atoms with E-state index in [1.807, 2.05) is 73.7 Å². The van der Waals surface area contributed by atoms with Crippen molar-refractivity contribution in [3.05, 3.63) is 84.4 Å². The number of hydrogen-bond acceptors (Lipinski definition) is 5. The fourth-order valence-corrected chi connectivity index (χ4v) is 4.23. The molecule has 5 nitrogen and oxygen atoms in total. The van der Waals surface area contributed by atoms with Gasteiger partial charge in [-0.15, -0.1) is 11.3 Å². The number of fused-ring (bicyclic) bond motifs is 1. The minimum absolute atomic E-state index is 0.269. The molecular formula is C24H20N2O3S. The fraction of sp³-hybridized carbons (Fsp3) is 0.125. The van der Waals surface area contributed by atoms with Crippen molar-refractivity contribution in [3.8, 4) is 10.6 Å².